The van der Waals surface area contributed by atoms with Gasteiger partial charge in [-0.25, -0.2) is 0 Å². The van der Waals surface area contributed by atoms with E-state index in [1.165, 1.54) is 4.88 Å². The van der Waals surface area contributed by atoms with Crippen molar-refractivity contribution in [2.75, 3.05) is 39.9 Å². The highest BCUT2D eigenvalue weighted by molar-refractivity contribution is 7.09. The second-order valence-corrected chi connectivity index (χ2v) is 6.41. The molecule has 0 aliphatic carbocycles. The molecule has 3 nitrogen and oxygen atoms in total. The summed E-state index contributed by atoms with van der Waals surface area (Å²) < 4.78 is 5.65. The molecule has 0 saturated carbocycles. The molecule has 1 aliphatic heterocycles. The molecule has 2 rings (SSSR count). The molecule has 1 N–H and O–H groups in total. The lowest BCUT2D eigenvalue weighted by Crippen LogP contribution is -2.47. The highest BCUT2D eigenvalue weighted by Gasteiger charge is 2.25. The minimum atomic E-state index is 0.627. The largest absolute Gasteiger partial charge is 0.381 e. The first kappa shape index (κ1) is 15.0. The van der Waals surface area contributed by atoms with Crippen LogP contribution in [0.2, 0.25) is 0 Å². The van der Waals surface area contributed by atoms with Crippen LogP contribution in [0.4, 0.5) is 0 Å². The molecule has 0 aromatic carbocycles. The lowest BCUT2D eigenvalue weighted by molar-refractivity contribution is 0.0203. The molecule has 2 atom stereocenters. The zero-order chi connectivity index (χ0) is 13.5. The van der Waals surface area contributed by atoms with Crippen molar-refractivity contribution >= 4 is 11.3 Å². The molecule has 2 heterocycles. The van der Waals surface area contributed by atoms with Gasteiger partial charge in [-0.2, -0.15) is 0 Å². The number of rotatable bonds is 7. The SMILES string of the molecule is CCNC1CCOCC1CN(C)CCc1cccs1. The molecule has 0 spiro atoms. The maximum atomic E-state index is 5.65. The monoisotopic (exact) mass is 282 g/mol. The number of hydrogen-bond donors (Lipinski definition) is 1. The molecule has 2 unspecified atom stereocenters. The summed E-state index contributed by atoms with van der Waals surface area (Å²) in [5, 5.41) is 5.76. The van der Waals surface area contributed by atoms with Gasteiger partial charge in [0.15, 0.2) is 0 Å². The van der Waals surface area contributed by atoms with E-state index in [4.69, 9.17) is 4.74 Å². The second kappa shape index (κ2) is 8.00. The quantitative estimate of drug-likeness (QED) is 0.830. The van der Waals surface area contributed by atoms with Crippen molar-refractivity contribution in [1.82, 2.24) is 10.2 Å². The predicted molar refractivity (Wildman–Crippen MR) is 81.9 cm³/mol. The number of hydrogen-bond acceptors (Lipinski definition) is 4. The van der Waals surface area contributed by atoms with Crippen LogP contribution in [-0.2, 0) is 11.2 Å². The van der Waals surface area contributed by atoms with Gasteiger partial charge in [-0.1, -0.05) is 13.0 Å². The number of thiophene rings is 1. The summed E-state index contributed by atoms with van der Waals surface area (Å²) >= 11 is 1.86. The Labute approximate surface area is 121 Å². The van der Waals surface area contributed by atoms with Crippen LogP contribution in [0, 0.1) is 5.92 Å². The summed E-state index contributed by atoms with van der Waals surface area (Å²) in [7, 11) is 2.23. The summed E-state index contributed by atoms with van der Waals surface area (Å²) in [5.74, 6) is 0.627. The van der Waals surface area contributed by atoms with Crippen LogP contribution in [0.1, 0.15) is 18.2 Å². The van der Waals surface area contributed by atoms with Gasteiger partial charge in [0.1, 0.15) is 0 Å². The van der Waals surface area contributed by atoms with Crippen molar-refractivity contribution in [3.63, 3.8) is 0 Å². The van der Waals surface area contributed by atoms with Gasteiger partial charge in [0.25, 0.3) is 0 Å². The van der Waals surface area contributed by atoms with Gasteiger partial charge in [-0.3, -0.25) is 0 Å². The van der Waals surface area contributed by atoms with Gasteiger partial charge in [0.05, 0.1) is 6.61 Å². The first-order chi connectivity index (χ1) is 9.29. The molecular formula is C15H26N2OS. The molecule has 1 saturated heterocycles. The first-order valence-corrected chi connectivity index (χ1v) is 8.19. The number of likely N-dealkylation sites (N-methyl/N-ethyl adjacent to an activating group) is 1. The first-order valence-electron chi connectivity index (χ1n) is 7.31. The van der Waals surface area contributed by atoms with Crippen LogP contribution in [0.25, 0.3) is 0 Å². The highest BCUT2D eigenvalue weighted by atomic mass is 32.1. The van der Waals surface area contributed by atoms with Gasteiger partial charge >= 0.3 is 0 Å². The van der Waals surface area contributed by atoms with Gasteiger partial charge in [0.2, 0.25) is 0 Å². The summed E-state index contributed by atoms with van der Waals surface area (Å²) in [6.07, 6.45) is 2.31. The van der Waals surface area contributed by atoms with E-state index < -0.39 is 0 Å². The Hall–Kier alpha value is -0.420. The standard InChI is InChI=1S/C15H26N2OS/c1-3-16-15-7-9-18-12-13(15)11-17(2)8-6-14-5-4-10-19-14/h4-5,10,13,15-16H,3,6-9,11-12H2,1-2H3. The summed E-state index contributed by atoms with van der Waals surface area (Å²) in [4.78, 5) is 3.93. The summed E-state index contributed by atoms with van der Waals surface area (Å²) in [6.45, 7) is 7.32. The lowest BCUT2D eigenvalue weighted by Gasteiger charge is -2.34. The van der Waals surface area contributed by atoms with Crippen LogP contribution in [-0.4, -0.2) is 50.8 Å². The third kappa shape index (κ3) is 4.88. The fourth-order valence-corrected chi connectivity index (χ4v) is 3.45. The Morgan fingerprint density at radius 1 is 1.53 bits per heavy atom. The average Bonchev–Trinajstić information content (AvgIpc) is 2.92. The van der Waals surface area contributed by atoms with Crippen molar-refractivity contribution in [2.45, 2.75) is 25.8 Å². The van der Waals surface area contributed by atoms with E-state index in [0.29, 0.717) is 12.0 Å². The van der Waals surface area contributed by atoms with Gasteiger partial charge < -0.3 is 15.0 Å². The van der Waals surface area contributed by atoms with Crippen LogP contribution < -0.4 is 5.32 Å². The molecule has 1 aliphatic rings. The van der Waals surface area contributed by atoms with Crippen molar-refractivity contribution in [1.29, 1.82) is 0 Å². The molecule has 0 bridgehead atoms. The fraction of sp³-hybridized carbons (Fsp3) is 0.733. The third-order valence-corrected chi connectivity index (χ3v) is 4.74. The van der Waals surface area contributed by atoms with Gasteiger partial charge in [-0.15, -0.1) is 11.3 Å². The molecular weight excluding hydrogens is 256 g/mol. The smallest absolute Gasteiger partial charge is 0.0521 e. The molecule has 0 radical (unpaired) electrons. The molecule has 1 fully saturated rings. The van der Waals surface area contributed by atoms with Gasteiger partial charge in [0, 0.05) is 36.5 Å². The Balaban J connectivity index is 1.74. The molecule has 108 valence electrons. The minimum absolute atomic E-state index is 0.627. The minimum Gasteiger partial charge on any atom is -0.381 e. The maximum absolute atomic E-state index is 5.65. The van der Waals surface area contributed by atoms with Crippen LogP contribution in [0.5, 0.6) is 0 Å². The molecule has 1 aromatic heterocycles. The highest BCUT2D eigenvalue weighted by Crippen LogP contribution is 2.16. The Bertz CT molecular complexity index is 340. The van der Waals surface area contributed by atoms with Crippen molar-refractivity contribution in [3.05, 3.63) is 22.4 Å². The summed E-state index contributed by atoms with van der Waals surface area (Å²) in [6, 6.07) is 4.99. The normalized spacial score (nSPS) is 23.9. The van der Waals surface area contributed by atoms with E-state index >= 15 is 0 Å². The van der Waals surface area contributed by atoms with E-state index in [1.807, 2.05) is 11.3 Å². The van der Waals surface area contributed by atoms with E-state index in [2.05, 4.69) is 41.7 Å². The Morgan fingerprint density at radius 3 is 3.16 bits per heavy atom. The lowest BCUT2D eigenvalue weighted by atomic mass is 9.95. The molecule has 4 heteroatoms. The zero-order valence-corrected chi connectivity index (χ0v) is 12.9. The van der Waals surface area contributed by atoms with Crippen LogP contribution in [0.15, 0.2) is 17.5 Å². The van der Waals surface area contributed by atoms with E-state index in [9.17, 15) is 0 Å². The number of nitrogens with one attached hydrogen (secondary N) is 1. The van der Waals surface area contributed by atoms with Crippen molar-refractivity contribution < 1.29 is 4.74 Å². The molecule has 1 aromatic rings. The van der Waals surface area contributed by atoms with E-state index in [-0.39, 0.29) is 0 Å². The zero-order valence-electron chi connectivity index (χ0n) is 12.1. The van der Waals surface area contributed by atoms with Crippen molar-refractivity contribution in [2.24, 2.45) is 5.92 Å². The van der Waals surface area contributed by atoms with Crippen LogP contribution in [0.3, 0.4) is 0 Å². The Morgan fingerprint density at radius 2 is 2.42 bits per heavy atom. The second-order valence-electron chi connectivity index (χ2n) is 5.38. The third-order valence-electron chi connectivity index (χ3n) is 3.81. The number of nitrogens with zero attached hydrogens (tertiary/aromatic N) is 1. The van der Waals surface area contributed by atoms with E-state index in [0.717, 1.165) is 45.7 Å². The topological polar surface area (TPSA) is 24.5 Å². The fourth-order valence-electron chi connectivity index (χ4n) is 2.76. The maximum Gasteiger partial charge on any atom is 0.0521 e. The number of ether oxygens (including phenoxy) is 1. The Kier molecular flexibility index (Phi) is 6.31. The van der Waals surface area contributed by atoms with Crippen LogP contribution >= 0.6 is 11.3 Å². The molecule has 0 amide bonds. The van der Waals surface area contributed by atoms with Gasteiger partial charge in [-0.05, 0) is 37.9 Å². The summed E-state index contributed by atoms with van der Waals surface area (Å²) in [5.41, 5.74) is 0. The predicted octanol–water partition coefficient (Wildman–Crippen LogP) is 2.24. The van der Waals surface area contributed by atoms with E-state index in [1.54, 1.807) is 0 Å². The molecule has 19 heavy (non-hydrogen) atoms. The van der Waals surface area contributed by atoms with Crippen molar-refractivity contribution in [3.8, 4) is 0 Å². The average molecular weight is 282 g/mol.